The van der Waals surface area contributed by atoms with Crippen molar-refractivity contribution in [3.8, 4) is 11.5 Å². The summed E-state index contributed by atoms with van der Waals surface area (Å²) < 4.78 is 10.1. The Morgan fingerprint density at radius 2 is 1.92 bits per heavy atom. The lowest BCUT2D eigenvalue weighted by Gasteiger charge is -2.08. The smallest absolute Gasteiger partial charge is 0.154 e. The van der Waals surface area contributed by atoms with Gasteiger partial charge in [-0.25, -0.2) is 0 Å². The molecule has 0 atom stereocenters. The number of aryl methyl sites for hydroxylation is 1. The SMILES string of the molecule is COc1cc(C)c(C=O)c(OC)c1. The number of aldehydes is 1. The Morgan fingerprint density at radius 3 is 2.38 bits per heavy atom. The highest BCUT2D eigenvalue weighted by Crippen LogP contribution is 2.26. The highest BCUT2D eigenvalue weighted by molar-refractivity contribution is 5.82. The molecule has 0 saturated heterocycles. The standard InChI is InChI=1S/C10H12O3/c1-7-4-8(12-2)5-10(13-3)9(7)6-11/h4-6H,1-3H3. The second-order valence-corrected chi connectivity index (χ2v) is 2.68. The summed E-state index contributed by atoms with van der Waals surface area (Å²) in [7, 11) is 3.11. The van der Waals surface area contributed by atoms with Crippen LogP contribution in [0.15, 0.2) is 12.1 Å². The van der Waals surface area contributed by atoms with Crippen molar-refractivity contribution in [2.45, 2.75) is 6.92 Å². The third kappa shape index (κ3) is 1.80. The van der Waals surface area contributed by atoms with Gasteiger partial charge in [0.05, 0.1) is 19.8 Å². The van der Waals surface area contributed by atoms with Crippen LogP contribution in [0.2, 0.25) is 0 Å². The molecule has 0 bridgehead atoms. The molecular formula is C10H12O3. The minimum Gasteiger partial charge on any atom is -0.497 e. The molecule has 1 rings (SSSR count). The zero-order valence-electron chi connectivity index (χ0n) is 7.96. The molecule has 0 spiro atoms. The van der Waals surface area contributed by atoms with Gasteiger partial charge >= 0.3 is 0 Å². The molecule has 0 aliphatic carbocycles. The summed E-state index contributed by atoms with van der Waals surface area (Å²) in [5.74, 6) is 1.24. The maximum absolute atomic E-state index is 10.7. The van der Waals surface area contributed by atoms with Crippen molar-refractivity contribution < 1.29 is 14.3 Å². The molecule has 0 aliphatic heterocycles. The van der Waals surface area contributed by atoms with Gasteiger partial charge in [-0.05, 0) is 18.6 Å². The molecule has 1 aromatic rings. The van der Waals surface area contributed by atoms with E-state index in [1.807, 2.05) is 6.92 Å². The Bertz CT molecular complexity index is 318. The van der Waals surface area contributed by atoms with Gasteiger partial charge in [-0.15, -0.1) is 0 Å². The molecule has 0 radical (unpaired) electrons. The van der Waals surface area contributed by atoms with Crippen molar-refractivity contribution in [3.05, 3.63) is 23.3 Å². The fourth-order valence-electron chi connectivity index (χ4n) is 1.17. The van der Waals surface area contributed by atoms with E-state index in [0.29, 0.717) is 17.1 Å². The Morgan fingerprint density at radius 1 is 1.23 bits per heavy atom. The van der Waals surface area contributed by atoms with Crippen LogP contribution in [-0.4, -0.2) is 20.5 Å². The predicted octanol–water partition coefficient (Wildman–Crippen LogP) is 1.82. The summed E-state index contributed by atoms with van der Waals surface area (Å²) in [6.45, 7) is 1.84. The van der Waals surface area contributed by atoms with Gasteiger partial charge in [0.2, 0.25) is 0 Å². The average Bonchev–Trinajstić information content (AvgIpc) is 2.16. The maximum Gasteiger partial charge on any atom is 0.154 e. The number of ether oxygens (including phenoxy) is 2. The summed E-state index contributed by atoms with van der Waals surface area (Å²) in [4.78, 5) is 10.7. The van der Waals surface area contributed by atoms with E-state index in [9.17, 15) is 4.79 Å². The van der Waals surface area contributed by atoms with Gasteiger partial charge in [-0.2, -0.15) is 0 Å². The van der Waals surface area contributed by atoms with Crippen LogP contribution < -0.4 is 9.47 Å². The van der Waals surface area contributed by atoms with Crippen molar-refractivity contribution in [2.24, 2.45) is 0 Å². The van der Waals surface area contributed by atoms with E-state index in [-0.39, 0.29) is 0 Å². The first-order valence-electron chi connectivity index (χ1n) is 3.90. The molecular weight excluding hydrogens is 168 g/mol. The van der Waals surface area contributed by atoms with Crippen LogP contribution >= 0.6 is 0 Å². The monoisotopic (exact) mass is 180 g/mol. The van der Waals surface area contributed by atoms with E-state index in [1.54, 1.807) is 19.2 Å². The summed E-state index contributed by atoms with van der Waals surface area (Å²) in [5, 5.41) is 0. The molecule has 0 heterocycles. The summed E-state index contributed by atoms with van der Waals surface area (Å²) >= 11 is 0. The summed E-state index contributed by atoms with van der Waals surface area (Å²) in [5.41, 5.74) is 1.43. The molecule has 0 saturated carbocycles. The van der Waals surface area contributed by atoms with E-state index in [4.69, 9.17) is 9.47 Å². The number of rotatable bonds is 3. The highest BCUT2D eigenvalue weighted by Gasteiger charge is 2.07. The number of hydrogen-bond acceptors (Lipinski definition) is 3. The van der Waals surface area contributed by atoms with Crippen LogP contribution in [0.5, 0.6) is 11.5 Å². The van der Waals surface area contributed by atoms with Crippen LogP contribution in [0, 0.1) is 6.92 Å². The van der Waals surface area contributed by atoms with Gasteiger partial charge in [0, 0.05) is 6.07 Å². The topological polar surface area (TPSA) is 35.5 Å². The van der Waals surface area contributed by atoms with Crippen molar-refractivity contribution in [2.75, 3.05) is 14.2 Å². The normalized spacial score (nSPS) is 9.46. The third-order valence-corrected chi connectivity index (χ3v) is 1.90. The van der Waals surface area contributed by atoms with Crippen LogP contribution in [0.4, 0.5) is 0 Å². The fourth-order valence-corrected chi connectivity index (χ4v) is 1.17. The first-order chi connectivity index (χ1) is 6.22. The highest BCUT2D eigenvalue weighted by atomic mass is 16.5. The Hall–Kier alpha value is -1.51. The second kappa shape index (κ2) is 3.94. The van der Waals surface area contributed by atoms with Gasteiger partial charge in [0.15, 0.2) is 6.29 Å². The van der Waals surface area contributed by atoms with E-state index >= 15 is 0 Å². The van der Waals surface area contributed by atoms with Crippen LogP contribution in [0.3, 0.4) is 0 Å². The quantitative estimate of drug-likeness (QED) is 0.665. The molecule has 13 heavy (non-hydrogen) atoms. The Balaban J connectivity index is 3.28. The van der Waals surface area contributed by atoms with Crippen LogP contribution in [0.1, 0.15) is 15.9 Å². The summed E-state index contributed by atoms with van der Waals surface area (Å²) in [6, 6.07) is 3.49. The molecule has 70 valence electrons. The van der Waals surface area contributed by atoms with Gasteiger partial charge in [0.1, 0.15) is 11.5 Å². The number of methoxy groups -OCH3 is 2. The van der Waals surface area contributed by atoms with E-state index in [1.165, 1.54) is 7.11 Å². The minimum absolute atomic E-state index is 0.548. The molecule has 0 amide bonds. The number of hydrogen-bond donors (Lipinski definition) is 0. The lowest BCUT2D eigenvalue weighted by Crippen LogP contribution is -1.95. The Labute approximate surface area is 77.3 Å². The van der Waals surface area contributed by atoms with Crippen molar-refractivity contribution in [3.63, 3.8) is 0 Å². The molecule has 3 heteroatoms. The van der Waals surface area contributed by atoms with Crippen LogP contribution in [-0.2, 0) is 0 Å². The van der Waals surface area contributed by atoms with Gasteiger partial charge in [-0.3, -0.25) is 4.79 Å². The second-order valence-electron chi connectivity index (χ2n) is 2.68. The molecule has 0 unspecified atom stereocenters. The van der Waals surface area contributed by atoms with E-state index < -0.39 is 0 Å². The lowest BCUT2D eigenvalue weighted by atomic mass is 10.1. The number of carbonyl (C=O) groups excluding carboxylic acids is 1. The Kier molecular flexibility index (Phi) is 2.90. The zero-order chi connectivity index (χ0) is 9.84. The van der Waals surface area contributed by atoms with Gasteiger partial charge in [-0.1, -0.05) is 0 Å². The molecule has 0 N–H and O–H groups in total. The minimum atomic E-state index is 0.548. The first kappa shape index (κ1) is 9.58. The zero-order valence-corrected chi connectivity index (χ0v) is 7.96. The largest absolute Gasteiger partial charge is 0.497 e. The average molecular weight is 180 g/mol. The van der Waals surface area contributed by atoms with Crippen molar-refractivity contribution in [1.82, 2.24) is 0 Å². The third-order valence-electron chi connectivity index (χ3n) is 1.90. The van der Waals surface area contributed by atoms with Gasteiger partial charge < -0.3 is 9.47 Å². The van der Waals surface area contributed by atoms with E-state index in [2.05, 4.69) is 0 Å². The van der Waals surface area contributed by atoms with Gasteiger partial charge in [0.25, 0.3) is 0 Å². The number of carbonyl (C=O) groups is 1. The van der Waals surface area contributed by atoms with Crippen molar-refractivity contribution in [1.29, 1.82) is 0 Å². The van der Waals surface area contributed by atoms with Crippen molar-refractivity contribution >= 4 is 6.29 Å². The predicted molar refractivity (Wildman–Crippen MR) is 49.7 cm³/mol. The first-order valence-corrected chi connectivity index (χ1v) is 3.90. The summed E-state index contributed by atoms with van der Waals surface area (Å²) in [6.07, 6.45) is 0.785. The molecule has 1 aromatic carbocycles. The molecule has 0 aromatic heterocycles. The molecule has 0 aliphatic rings. The maximum atomic E-state index is 10.7. The number of benzene rings is 1. The fraction of sp³-hybridized carbons (Fsp3) is 0.300. The lowest BCUT2D eigenvalue weighted by molar-refractivity contribution is 0.112. The van der Waals surface area contributed by atoms with E-state index in [0.717, 1.165) is 11.8 Å². The molecule has 3 nitrogen and oxygen atoms in total. The van der Waals surface area contributed by atoms with Crippen LogP contribution in [0.25, 0.3) is 0 Å². The molecule has 0 fully saturated rings.